The van der Waals surface area contributed by atoms with E-state index in [1.165, 1.54) is 11.4 Å². The highest BCUT2D eigenvalue weighted by atomic mass is 32.2. The van der Waals surface area contributed by atoms with Crippen molar-refractivity contribution in [2.45, 2.75) is 13.3 Å². The van der Waals surface area contributed by atoms with Gasteiger partial charge in [-0.2, -0.15) is 9.57 Å². The highest BCUT2D eigenvalue weighted by molar-refractivity contribution is 7.89. The van der Waals surface area contributed by atoms with Crippen LogP contribution in [-0.2, 0) is 14.8 Å². The van der Waals surface area contributed by atoms with Crippen molar-refractivity contribution in [1.82, 2.24) is 9.62 Å². The summed E-state index contributed by atoms with van der Waals surface area (Å²) in [6, 6.07) is 1.63. The summed E-state index contributed by atoms with van der Waals surface area (Å²) in [7, 11) is -2.00. The number of carbonyl (C=O) groups is 1. The molecule has 1 heterocycles. The lowest BCUT2D eigenvalue weighted by molar-refractivity contribution is -0.128. The molecule has 1 aliphatic heterocycles. The second-order valence-corrected chi connectivity index (χ2v) is 6.11. The molecule has 1 N–H and O–H groups in total. The van der Waals surface area contributed by atoms with E-state index >= 15 is 0 Å². The van der Waals surface area contributed by atoms with Crippen LogP contribution < -0.4 is 5.32 Å². The van der Waals surface area contributed by atoms with Crippen molar-refractivity contribution in [3.8, 4) is 6.07 Å². The largest absolute Gasteiger partial charge is 0.359 e. The van der Waals surface area contributed by atoms with Crippen LogP contribution in [0.25, 0.3) is 0 Å². The maximum atomic E-state index is 11.6. The Morgan fingerprint density at radius 3 is 2.75 bits per heavy atom. The van der Waals surface area contributed by atoms with Crippen molar-refractivity contribution in [1.29, 1.82) is 5.26 Å². The van der Waals surface area contributed by atoms with Crippen molar-refractivity contribution in [3.63, 3.8) is 0 Å². The normalized spacial score (nSPS) is 26.3. The van der Waals surface area contributed by atoms with E-state index in [1.807, 2.05) is 0 Å². The van der Waals surface area contributed by atoms with Crippen LogP contribution in [0.5, 0.6) is 0 Å². The van der Waals surface area contributed by atoms with Gasteiger partial charge in [-0.05, 0) is 13.3 Å². The summed E-state index contributed by atoms with van der Waals surface area (Å²) < 4.78 is 24.4. The van der Waals surface area contributed by atoms with Gasteiger partial charge in [0.15, 0.2) is 5.75 Å². The van der Waals surface area contributed by atoms with Crippen LogP contribution in [-0.4, -0.2) is 44.5 Å². The maximum absolute atomic E-state index is 11.6. The Bertz CT molecular complexity index is 426. The molecule has 0 aliphatic carbocycles. The molecule has 0 saturated carbocycles. The Kier molecular flexibility index (Phi) is 3.55. The molecule has 6 nitrogen and oxygen atoms in total. The van der Waals surface area contributed by atoms with Gasteiger partial charge in [-0.25, -0.2) is 8.42 Å². The summed E-state index contributed by atoms with van der Waals surface area (Å²) in [5.41, 5.74) is -0.683. The lowest BCUT2D eigenvalue weighted by atomic mass is 9.89. The summed E-state index contributed by atoms with van der Waals surface area (Å²) in [6.07, 6.45) is 0.483. The molecule has 0 bridgehead atoms. The van der Waals surface area contributed by atoms with Gasteiger partial charge in [0.25, 0.3) is 0 Å². The third-order valence-corrected chi connectivity index (χ3v) is 4.45. The minimum Gasteiger partial charge on any atom is -0.359 e. The second-order valence-electron chi connectivity index (χ2n) is 4.14. The molecule has 1 aliphatic rings. The fourth-order valence-corrected chi connectivity index (χ4v) is 3.01. The van der Waals surface area contributed by atoms with E-state index in [2.05, 4.69) is 5.32 Å². The van der Waals surface area contributed by atoms with Gasteiger partial charge in [-0.1, -0.05) is 0 Å². The highest BCUT2D eigenvalue weighted by Gasteiger charge is 2.43. The minimum atomic E-state index is -3.53. The first kappa shape index (κ1) is 12.9. The summed E-state index contributed by atoms with van der Waals surface area (Å²) in [5.74, 6) is -0.696. The molecule has 1 saturated heterocycles. The summed E-state index contributed by atoms with van der Waals surface area (Å²) in [4.78, 5) is 11.6. The zero-order chi connectivity index (χ0) is 12.4. The summed E-state index contributed by atoms with van der Waals surface area (Å²) in [6.45, 7) is 2.18. The van der Waals surface area contributed by atoms with Crippen molar-refractivity contribution >= 4 is 15.9 Å². The number of nitrogens with zero attached hydrogens (tertiary/aromatic N) is 2. The minimum absolute atomic E-state index is 0.149. The smallest absolute Gasteiger partial charge is 0.227 e. The van der Waals surface area contributed by atoms with Crippen LogP contribution >= 0.6 is 0 Å². The third kappa shape index (κ3) is 2.33. The summed E-state index contributed by atoms with van der Waals surface area (Å²) in [5, 5.41) is 10.9. The molecule has 1 amide bonds. The third-order valence-electron chi connectivity index (χ3n) is 2.85. The predicted molar refractivity (Wildman–Crippen MR) is 57.8 cm³/mol. The SMILES string of the molecule is CNC(=O)C1(C)CCN(S(=O)(=O)CC#N)C1. The number of sulfonamides is 1. The topological polar surface area (TPSA) is 90.3 Å². The molecular weight excluding hydrogens is 230 g/mol. The fraction of sp³-hybridized carbons (Fsp3) is 0.778. The second kappa shape index (κ2) is 4.39. The molecule has 16 heavy (non-hydrogen) atoms. The van der Waals surface area contributed by atoms with Crippen LogP contribution in [0.3, 0.4) is 0 Å². The number of amides is 1. The Balaban J connectivity index is 2.81. The molecule has 1 fully saturated rings. The van der Waals surface area contributed by atoms with Crippen molar-refractivity contribution in [2.75, 3.05) is 25.9 Å². The molecule has 1 atom stereocenters. The average Bonchev–Trinajstić information content (AvgIpc) is 2.62. The van der Waals surface area contributed by atoms with Crippen molar-refractivity contribution < 1.29 is 13.2 Å². The standard InChI is InChI=1S/C9H15N3O3S/c1-9(8(13)11-2)3-5-12(7-9)16(14,15)6-4-10/h3,5-7H2,1-2H3,(H,11,13). The Morgan fingerprint density at radius 1 is 1.62 bits per heavy atom. The van der Waals surface area contributed by atoms with Gasteiger partial charge in [-0.3, -0.25) is 4.79 Å². The number of rotatable bonds is 3. The monoisotopic (exact) mass is 245 g/mol. The maximum Gasteiger partial charge on any atom is 0.227 e. The molecule has 0 aromatic heterocycles. The lowest BCUT2D eigenvalue weighted by Crippen LogP contribution is -2.40. The van der Waals surface area contributed by atoms with Gasteiger partial charge in [-0.15, -0.1) is 0 Å². The Hall–Kier alpha value is -1.13. The lowest BCUT2D eigenvalue weighted by Gasteiger charge is -2.21. The molecule has 0 aromatic carbocycles. The number of carbonyl (C=O) groups excluding carboxylic acids is 1. The molecule has 1 rings (SSSR count). The number of hydrogen-bond donors (Lipinski definition) is 1. The van der Waals surface area contributed by atoms with E-state index < -0.39 is 21.2 Å². The molecule has 1 unspecified atom stereocenters. The molecule has 90 valence electrons. The van der Waals surface area contributed by atoms with Crippen LogP contribution in [0.4, 0.5) is 0 Å². The van der Waals surface area contributed by atoms with Crippen LogP contribution in [0.2, 0.25) is 0 Å². The average molecular weight is 245 g/mol. The van der Waals surface area contributed by atoms with Gasteiger partial charge < -0.3 is 5.32 Å². The van der Waals surface area contributed by atoms with Gasteiger partial charge in [0, 0.05) is 20.1 Å². The molecule has 0 aromatic rings. The van der Waals surface area contributed by atoms with E-state index in [-0.39, 0.29) is 12.5 Å². The van der Waals surface area contributed by atoms with Crippen LogP contribution in [0.1, 0.15) is 13.3 Å². The van der Waals surface area contributed by atoms with Crippen molar-refractivity contribution in [2.24, 2.45) is 5.41 Å². The van der Waals surface area contributed by atoms with Crippen LogP contribution in [0, 0.1) is 16.7 Å². The fourth-order valence-electron chi connectivity index (χ4n) is 1.82. The highest BCUT2D eigenvalue weighted by Crippen LogP contribution is 2.31. The predicted octanol–water partition coefficient (Wildman–Crippen LogP) is -0.702. The number of hydrogen-bond acceptors (Lipinski definition) is 4. The van der Waals surface area contributed by atoms with Crippen molar-refractivity contribution in [3.05, 3.63) is 0 Å². The van der Waals surface area contributed by atoms with Gasteiger partial charge >= 0.3 is 0 Å². The summed E-state index contributed by atoms with van der Waals surface area (Å²) >= 11 is 0. The zero-order valence-corrected chi connectivity index (χ0v) is 10.2. The van der Waals surface area contributed by atoms with Gasteiger partial charge in [0.1, 0.15) is 0 Å². The number of nitrogens with one attached hydrogen (secondary N) is 1. The van der Waals surface area contributed by atoms with E-state index in [0.717, 1.165) is 0 Å². The quantitative estimate of drug-likeness (QED) is 0.711. The zero-order valence-electron chi connectivity index (χ0n) is 9.36. The Morgan fingerprint density at radius 2 is 2.25 bits per heavy atom. The van der Waals surface area contributed by atoms with E-state index in [0.29, 0.717) is 13.0 Å². The first-order chi connectivity index (χ1) is 7.35. The van der Waals surface area contributed by atoms with Crippen LogP contribution in [0.15, 0.2) is 0 Å². The molecular formula is C9H15N3O3S. The molecule has 0 radical (unpaired) electrons. The van der Waals surface area contributed by atoms with E-state index in [4.69, 9.17) is 5.26 Å². The number of nitriles is 1. The van der Waals surface area contributed by atoms with Gasteiger partial charge in [0.2, 0.25) is 15.9 Å². The van der Waals surface area contributed by atoms with Gasteiger partial charge in [0.05, 0.1) is 11.5 Å². The first-order valence-corrected chi connectivity index (χ1v) is 6.53. The molecule has 7 heteroatoms. The van der Waals surface area contributed by atoms with E-state index in [9.17, 15) is 13.2 Å². The van der Waals surface area contributed by atoms with E-state index in [1.54, 1.807) is 13.0 Å². The molecule has 0 spiro atoms. The Labute approximate surface area is 95.3 Å². The first-order valence-electron chi connectivity index (χ1n) is 4.93.